The van der Waals surface area contributed by atoms with E-state index in [-0.39, 0.29) is 40.8 Å². The molecule has 1 N–H and O–H groups in total. The lowest BCUT2D eigenvalue weighted by molar-refractivity contribution is -0.123. The van der Waals surface area contributed by atoms with Crippen molar-refractivity contribution in [1.82, 2.24) is 9.88 Å². The maximum atomic E-state index is 15.3. The Morgan fingerprint density at radius 2 is 1.80 bits per heavy atom. The number of nitrogens with one attached hydrogen (secondary N) is 1. The number of thioether (sulfide) groups is 1. The summed E-state index contributed by atoms with van der Waals surface area (Å²) >= 11 is 1.29. The molecule has 1 fully saturated rings. The van der Waals surface area contributed by atoms with Crippen LogP contribution in [0.25, 0.3) is 11.1 Å². The molecule has 0 radical (unpaired) electrons. The molecule has 5 nitrogen and oxygen atoms in total. The molecule has 1 unspecified atom stereocenters. The van der Waals surface area contributed by atoms with Gasteiger partial charge < -0.3 is 10.1 Å². The summed E-state index contributed by atoms with van der Waals surface area (Å²) in [6, 6.07) is 7.39. The fraction of sp³-hybridized carbons (Fsp3) is 0.308. The summed E-state index contributed by atoms with van der Waals surface area (Å²) in [5, 5.41) is 3.40. The molecular weight excluding hydrogens is 477 g/mol. The molecule has 0 bridgehead atoms. The third kappa shape index (κ3) is 4.11. The van der Waals surface area contributed by atoms with Crippen LogP contribution in [0, 0.1) is 24.4 Å². The van der Waals surface area contributed by atoms with Crippen molar-refractivity contribution in [2.24, 2.45) is 0 Å². The topological polar surface area (TPSA) is 60.3 Å². The average Bonchev–Trinajstić information content (AvgIpc) is 3.53. The van der Waals surface area contributed by atoms with Crippen LogP contribution in [0.1, 0.15) is 35.6 Å². The van der Waals surface area contributed by atoms with Gasteiger partial charge in [0.15, 0.2) is 11.6 Å². The van der Waals surface area contributed by atoms with E-state index in [9.17, 15) is 18.4 Å². The van der Waals surface area contributed by atoms with Gasteiger partial charge in [-0.2, -0.15) is 0 Å². The van der Waals surface area contributed by atoms with Crippen LogP contribution in [-0.2, 0) is 11.2 Å². The minimum absolute atomic E-state index is 0.00987. The number of hydrogen-bond donors (Lipinski definition) is 1. The van der Waals surface area contributed by atoms with Crippen LogP contribution >= 0.6 is 11.8 Å². The number of carbonyl (C=O) groups is 1. The second-order valence-corrected chi connectivity index (χ2v) is 9.78. The van der Waals surface area contributed by atoms with Crippen LogP contribution in [0.4, 0.5) is 13.2 Å². The standard InChI is InChI=1S/C26H23F3N2O3S/c1-13-16(11-17-18(27)6-4-7-19(17)28)26-31(20(12-35-26)24(32)30-14-9-10-14)25(33)22(13)15-5-3-8-21(34-2)23(15)29/h3-8,14,20H,9-12H2,1-2H3,(H,30,32). The highest BCUT2D eigenvalue weighted by Crippen LogP contribution is 2.41. The second-order valence-electron chi connectivity index (χ2n) is 8.77. The van der Waals surface area contributed by atoms with Gasteiger partial charge in [-0.15, -0.1) is 11.8 Å². The van der Waals surface area contributed by atoms with Gasteiger partial charge in [0.05, 0.1) is 17.7 Å². The maximum Gasteiger partial charge on any atom is 0.260 e. The molecule has 1 amide bonds. The van der Waals surface area contributed by atoms with Gasteiger partial charge in [0, 0.05) is 29.3 Å². The van der Waals surface area contributed by atoms with E-state index in [4.69, 9.17) is 4.74 Å². The molecule has 1 aromatic heterocycles. The average molecular weight is 501 g/mol. The van der Waals surface area contributed by atoms with Gasteiger partial charge in [0.25, 0.3) is 5.56 Å². The lowest BCUT2D eigenvalue weighted by Crippen LogP contribution is -2.38. The molecule has 1 atom stereocenters. The summed E-state index contributed by atoms with van der Waals surface area (Å²) in [5.74, 6) is -2.17. The minimum Gasteiger partial charge on any atom is -0.494 e. The van der Waals surface area contributed by atoms with Gasteiger partial charge in [-0.25, -0.2) is 13.2 Å². The van der Waals surface area contributed by atoms with Crippen LogP contribution in [0.5, 0.6) is 5.75 Å². The van der Waals surface area contributed by atoms with E-state index in [1.165, 1.54) is 53.8 Å². The predicted octanol–water partition coefficient (Wildman–Crippen LogP) is 4.77. The number of nitrogens with zero attached hydrogens (tertiary/aromatic N) is 1. The van der Waals surface area contributed by atoms with E-state index in [2.05, 4.69) is 5.32 Å². The molecule has 9 heteroatoms. The first kappa shape index (κ1) is 23.5. The zero-order chi connectivity index (χ0) is 24.9. The highest BCUT2D eigenvalue weighted by molar-refractivity contribution is 7.99. The fourth-order valence-corrected chi connectivity index (χ4v) is 5.85. The third-order valence-corrected chi connectivity index (χ3v) is 7.72. The van der Waals surface area contributed by atoms with Crippen molar-refractivity contribution in [1.29, 1.82) is 0 Å². The molecule has 0 spiro atoms. The normalized spacial score (nSPS) is 16.8. The van der Waals surface area contributed by atoms with Crippen molar-refractivity contribution in [2.45, 2.75) is 43.3 Å². The van der Waals surface area contributed by atoms with E-state index in [1.54, 1.807) is 13.0 Å². The Kier molecular flexibility index (Phi) is 6.13. The molecule has 2 heterocycles. The molecule has 2 aromatic carbocycles. The van der Waals surface area contributed by atoms with Crippen molar-refractivity contribution in [2.75, 3.05) is 12.9 Å². The largest absolute Gasteiger partial charge is 0.494 e. The number of ether oxygens (including phenoxy) is 1. The number of benzene rings is 2. The van der Waals surface area contributed by atoms with Crippen molar-refractivity contribution in [3.05, 3.63) is 80.9 Å². The fourth-order valence-electron chi connectivity index (χ4n) is 4.48. The lowest BCUT2D eigenvalue weighted by Gasteiger charge is -2.21. The molecule has 1 saturated carbocycles. The summed E-state index contributed by atoms with van der Waals surface area (Å²) < 4.78 is 50.9. The zero-order valence-corrected chi connectivity index (χ0v) is 20.0. The Labute approximate surface area is 204 Å². The molecule has 5 rings (SSSR count). The molecular formula is C26H23F3N2O3S. The first-order valence-electron chi connectivity index (χ1n) is 11.3. The van der Waals surface area contributed by atoms with Gasteiger partial charge >= 0.3 is 0 Å². The van der Waals surface area contributed by atoms with Crippen LogP contribution in [0.3, 0.4) is 0 Å². The second kappa shape index (κ2) is 9.11. The molecule has 182 valence electrons. The number of rotatable bonds is 6. The zero-order valence-electron chi connectivity index (χ0n) is 19.2. The van der Waals surface area contributed by atoms with Crippen molar-refractivity contribution in [3.63, 3.8) is 0 Å². The Morgan fingerprint density at radius 1 is 1.11 bits per heavy atom. The number of aromatic nitrogens is 1. The van der Waals surface area contributed by atoms with Gasteiger partial charge in [-0.1, -0.05) is 18.2 Å². The first-order chi connectivity index (χ1) is 16.8. The number of pyridine rings is 1. The lowest BCUT2D eigenvalue weighted by atomic mass is 9.94. The maximum absolute atomic E-state index is 15.3. The molecule has 2 aliphatic rings. The minimum atomic E-state index is -0.805. The van der Waals surface area contributed by atoms with E-state index in [0.717, 1.165) is 12.8 Å². The summed E-state index contributed by atoms with van der Waals surface area (Å²) in [5.41, 5.74) is 0.271. The Morgan fingerprint density at radius 3 is 2.46 bits per heavy atom. The molecule has 0 saturated heterocycles. The molecule has 1 aliphatic carbocycles. The number of halogens is 3. The van der Waals surface area contributed by atoms with E-state index in [1.807, 2.05) is 0 Å². The van der Waals surface area contributed by atoms with Gasteiger partial charge in [-0.3, -0.25) is 14.2 Å². The highest BCUT2D eigenvalue weighted by Gasteiger charge is 2.37. The van der Waals surface area contributed by atoms with Gasteiger partial charge in [0.1, 0.15) is 17.7 Å². The van der Waals surface area contributed by atoms with Crippen LogP contribution in [0.2, 0.25) is 0 Å². The predicted molar refractivity (Wildman–Crippen MR) is 127 cm³/mol. The SMILES string of the molecule is COc1cccc(-c2c(C)c(Cc3c(F)cccc3F)c3n(c2=O)C(C(=O)NC2CC2)CS3)c1F. The van der Waals surface area contributed by atoms with Crippen LogP contribution < -0.4 is 15.6 Å². The van der Waals surface area contributed by atoms with Gasteiger partial charge in [0.2, 0.25) is 5.91 Å². The Balaban J connectivity index is 1.74. The number of hydrogen-bond acceptors (Lipinski definition) is 4. The summed E-state index contributed by atoms with van der Waals surface area (Å²) in [7, 11) is 1.33. The van der Waals surface area contributed by atoms with Crippen molar-refractivity contribution >= 4 is 17.7 Å². The smallest absolute Gasteiger partial charge is 0.260 e. The molecule has 3 aromatic rings. The third-order valence-electron chi connectivity index (χ3n) is 6.52. The van der Waals surface area contributed by atoms with Crippen LogP contribution in [0.15, 0.2) is 46.2 Å². The quantitative estimate of drug-likeness (QED) is 0.530. The summed E-state index contributed by atoms with van der Waals surface area (Å²) in [6.45, 7) is 1.64. The van der Waals surface area contributed by atoms with Crippen LogP contribution in [-0.4, -0.2) is 29.4 Å². The van der Waals surface area contributed by atoms with E-state index < -0.39 is 29.1 Å². The first-order valence-corrected chi connectivity index (χ1v) is 12.3. The number of methoxy groups -OCH3 is 1. The summed E-state index contributed by atoms with van der Waals surface area (Å²) in [4.78, 5) is 26.8. The Hall–Kier alpha value is -3.20. The number of amides is 1. The molecule has 35 heavy (non-hydrogen) atoms. The van der Waals surface area contributed by atoms with Gasteiger partial charge in [-0.05, 0) is 49.1 Å². The number of fused-ring (bicyclic) bond motifs is 1. The van der Waals surface area contributed by atoms with E-state index in [0.29, 0.717) is 21.9 Å². The van der Waals surface area contributed by atoms with E-state index >= 15 is 4.39 Å². The van der Waals surface area contributed by atoms with Crippen molar-refractivity contribution in [3.8, 4) is 16.9 Å². The highest BCUT2D eigenvalue weighted by atomic mass is 32.2. The molecule has 1 aliphatic heterocycles. The van der Waals surface area contributed by atoms with Crippen molar-refractivity contribution < 1.29 is 22.7 Å². The Bertz CT molecular complexity index is 1380. The monoisotopic (exact) mass is 500 g/mol. The summed E-state index contributed by atoms with van der Waals surface area (Å²) in [6.07, 6.45) is 1.63. The number of carbonyl (C=O) groups excluding carboxylic acids is 1.